The predicted octanol–water partition coefficient (Wildman–Crippen LogP) is 3.54. The van der Waals surface area contributed by atoms with Gasteiger partial charge in [-0.2, -0.15) is 0 Å². The zero-order valence-electron chi connectivity index (χ0n) is 10.4. The molecule has 0 radical (unpaired) electrons. The number of aryl methyl sites for hydroxylation is 1. The molecule has 0 fully saturated rings. The highest BCUT2D eigenvalue weighted by atomic mass is 35.5. The molecule has 0 aliphatic carbocycles. The first-order chi connectivity index (χ1) is 7.30. The van der Waals surface area contributed by atoms with Gasteiger partial charge in [0.1, 0.15) is 11.4 Å². The Labute approximate surface area is 103 Å². The number of hydrogen-bond acceptors (Lipinski definition) is 2. The fraction of sp³-hybridized carbons (Fsp3) is 0.538. The van der Waals surface area contributed by atoms with Gasteiger partial charge >= 0.3 is 0 Å². The first-order valence-corrected chi connectivity index (χ1v) is 5.89. The van der Waals surface area contributed by atoms with Crippen molar-refractivity contribution in [2.45, 2.75) is 45.8 Å². The van der Waals surface area contributed by atoms with Crippen LogP contribution in [0.15, 0.2) is 18.2 Å². The Morgan fingerprint density at radius 1 is 1.44 bits per heavy atom. The number of halogens is 1. The molecule has 0 saturated carbocycles. The molecular formula is C13H20ClNO. The highest BCUT2D eigenvalue weighted by Crippen LogP contribution is 2.27. The van der Waals surface area contributed by atoms with Crippen LogP contribution in [0.25, 0.3) is 0 Å². The fourth-order valence-electron chi connectivity index (χ4n) is 1.84. The van der Waals surface area contributed by atoms with Crippen LogP contribution in [0.1, 0.15) is 32.8 Å². The van der Waals surface area contributed by atoms with Crippen molar-refractivity contribution in [2.75, 3.05) is 0 Å². The molecule has 0 aliphatic rings. The van der Waals surface area contributed by atoms with E-state index in [4.69, 9.17) is 22.1 Å². The topological polar surface area (TPSA) is 35.2 Å². The Balaban J connectivity index is 2.79. The quantitative estimate of drug-likeness (QED) is 0.875. The lowest BCUT2D eigenvalue weighted by atomic mass is 10.00. The van der Waals surface area contributed by atoms with E-state index in [1.54, 1.807) is 0 Å². The predicted molar refractivity (Wildman–Crippen MR) is 69.2 cm³/mol. The van der Waals surface area contributed by atoms with Crippen molar-refractivity contribution in [1.82, 2.24) is 0 Å². The molecule has 1 unspecified atom stereocenters. The van der Waals surface area contributed by atoms with Gasteiger partial charge < -0.3 is 10.5 Å². The largest absolute Gasteiger partial charge is 0.488 e. The van der Waals surface area contributed by atoms with E-state index in [1.165, 1.54) is 0 Å². The maximum atomic E-state index is 5.96. The molecule has 0 saturated heterocycles. The molecule has 0 amide bonds. The maximum Gasteiger partial charge on any atom is 0.123 e. The van der Waals surface area contributed by atoms with Crippen LogP contribution >= 0.6 is 11.6 Å². The van der Waals surface area contributed by atoms with Crippen LogP contribution < -0.4 is 10.5 Å². The number of hydrogen-bond donors (Lipinski definition) is 1. The molecule has 2 nitrogen and oxygen atoms in total. The minimum absolute atomic E-state index is 0.127. The summed E-state index contributed by atoms with van der Waals surface area (Å²) >= 11 is 5.90. The second-order valence-electron chi connectivity index (χ2n) is 4.95. The summed E-state index contributed by atoms with van der Waals surface area (Å²) in [6.45, 7) is 8.07. The molecule has 0 heterocycles. The summed E-state index contributed by atoms with van der Waals surface area (Å²) in [6.07, 6.45) is 0.815. The molecule has 3 heteroatoms. The average molecular weight is 242 g/mol. The van der Waals surface area contributed by atoms with Crippen molar-refractivity contribution in [3.63, 3.8) is 0 Å². The van der Waals surface area contributed by atoms with Gasteiger partial charge in [-0.25, -0.2) is 0 Å². The number of nitrogens with two attached hydrogens (primary N) is 1. The van der Waals surface area contributed by atoms with Crippen molar-refractivity contribution in [2.24, 2.45) is 5.73 Å². The van der Waals surface area contributed by atoms with Crippen LogP contribution in [-0.2, 0) is 0 Å². The molecule has 0 aromatic heterocycles. The molecule has 1 rings (SSSR count). The summed E-state index contributed by atoms with van der Waals surface area (Å²) in [4.78, 5) is 0. The average Bonchev–Trinajstić information content (AvgIpc) is 2.07. The van der Waals surface area contributed by atoms with Gasteiger partial charge in [-0.1, -0.05) is 11.6 Å². The molecule has 16 heavy (non-hydrogen) atoms. The van der Waals surface area contributed by atoms with Crippen LogP contribution in [0.5, 0.6) is 5.75 Å². The number of rotatable bonds is 4. The van der Waals surface area contributed by atoms with Gasteiger partial charge in [0, 0.05) is 17.5 Å². The molecule has 2 N–H and O–H groups in total. The lowest BCUT2D eigenvalue weighted by Crippen LogP contribution is -2.35. The van der Waals surface area contributed by atoms with Crippen LogP contribution in [0, 0.1) is 6.92 Å². The zero-order valence-corrected chi connectivity index (χ0v) is 11.1. The Hall–Kier alpha value is -0.730. The molecule has 0 spiro atoms. The minimum Gasteiger partial charge on any atom is -0.488 e. The minimum atomic E-state index is -0.257. The Morgan fingerprint density at radius 3 is 2.56 bits per heavy atom. The van der Waals surface area contributed by atoms with Crippen molar-refractivity contribution >= 4 is 11.6 Å². The molecular weight excluding hydrogens is 222 g/mol. The van der Waals surface area contributed by atoms with Gasteiger partial charge in [0.15, 0.2) is 0 Å². The van der Waals surface area contributed by atoms with Crippen molar-refractivity contribution in [3.05, 3.63) is 28.8 Å². The zero-order chi connectivity index (χ0) is 12.3. The lowest BCUT2D eigenvalue weighted by Gasteiger charge is -2.29. The third-order valence-corrected chi connectivity index (χ3v) is 2.57. The van der Waals surface area contributed by atoms with E-state index in [0.717, 1.165) is 22.8 Å². The third-order valence-electron chi connectivity index (χ3n) is 2.34. The summed E-state index contributed by atoms with van der Waals surface area (Å²) in [5.41, 5.74) is 6.58. The normalized spacial score (nSPS) is 13.6. The summed E-state index contributed by atoms with van der Waals surface area (Å²) in [5, 5.41) is 0.731. The van der Waals surface area contributed by atoms with Gasteiger partial charge in [0.05, 0.1) is 0 Å². The van der Waals surface area contributed by atoms with E-state index in [9.17, 15) is 0 Å². The van der Waals surface area contributed by atoms with E-state index < -0.39 is 0 Å². The Morgan fingerprint density at radius 2 is 2.06 bits per heavy atom. The van der Waals surface area contributed by atoms with Crippen molar-refractivity contribution in [3.8, 4) is 5.75 Å². The second kappa shape index (κ2) is 5.07. The van der Waals surface area contributed by atoms with Crippen LogP contribution in [0.3, 0.4) is 0 Å². The first-order valence-electron chi connectivity index (χ1n) is 5.51. The fourth-order valence-corrected chi connectivity index (χ4v) is 2.07. The maximum absolute atomic E-state index is 5.96. The Bertz CT molecular complexity index is 361. The summed E-state index contributed by atoms with van der Waals surface area (Å²) in [7, 11) is 0. The van der Waals surface area contributed by atoms with Gasteiger partial charge in [-0.05, 0) is 51.5 Å². The van der Waals surface area contributed by atoms with Gasteiger partial charge in [0.25, 0.3) is 0 Å². The van der Waals surface area contributed by atoms with Crippen LogP contribution in [0.4, 0.5) is 0 Å². The number of ether oxygens (including phenoxy) is 1. The molecule has 90 valence electrons. The molecule has 0 aliphatic heterocycles. The third kappa shape index (κ3) is 4.03. The van der Waals surface area contributed by atoms with E-state index >= 15 is 0 Å². The van der Waals surface area contributed by atoms with Gasteiger partial charge in [-0.15, -0.1) is 0 Å². The smallest absolute Gasteiger partial charge is 0.123 e. The van der Waals surface area contributed by atoms with E-state index in [2.05, 4.69) is 0 Å². The van der Waals surface area contributed by atoms with Crippen molar-refractivity contribution in [1.29, 1.82) is 0 Å². The summed E-state index contributed by atoms with van der Waals surface area (Å²) in [5.74, 6) is 0.870. The highest BCUT2D eigenvalue weighted by Gasteiger charge is 2.22. The van der Waals surface area contributed by atoms with E-state index in [1.807, 2.05) is 45.9 Å². The Kier molecular flexibility index (Phi) is 4.22. The first kappa shape index (κ1) is 13.3. The SMILES string of the molecule is Cc1cc(Cl)ccc1OC(C)(C)CC(C)N. The molecule has 1 atom stereocenters. The molecule has 0 bridgehead atoms. The standard InChI is InChI=1S/C13H20ClNO/c1-9-7-11(14)5-6-12(9)16-13(3,4)8-10(2)15/h5-7,10H,8,15H2,1-4H3. The summed E-state index contributed by atoms with van der Waals surface area (Å²) < 4.78 is 5.96. The monoisotopic (exact) mass is 241 g/mol. The molecule has 1 aromatic rings. The highest BCUT2D eigenvalue weighted by molar-refractivity contribution is 6.30. The van der Waals surface area contributed by atoms with E-state index in [0.29, 0.717) is 0 Å². The van der Waals surface area contributed by atoms with E-state index in [-0.39, 0.29) is 11.6 Å². The second-order valence-corrected chi connectivity index (χ2v) is 5.39. The van der Waals surface area contributed by atoms with Gasteiger partial charge in [0.2, 0.25) is 0 Å². The van der Waals surface area contributed by atoms with Crippen molar-refractivity contribution < 1.29 is 4.74 Å². The van der Waals surface area contributed by atoms with Gasteiger partial charge in [-0.3, -0.25) is 0 Å². The van der Waals surface area contributed by atoms with Crippen LogP contribution in [0.2, 0.25) is 5.02 Å². The lowest BCUT2D eigenvalue weighted by molar-refractivity contribution is 0.0924. The molecule has 1 aromatic carbocycles. The summed E-state index contributed by atoms with van der Waals surface area (Å²) in [6, 6.07) is 5.77. The van der Waals surface area contributed by atoms with Crippen LogP contribution in [-0.4, -0.2) is 11.6 Å². The number of benzene rings is 1.